The van der Waals surface area contributed by atoms with E-state index in [0.717, 1.165) is 50.4 Å². The molecule has 0 aromatic heterocycles. The number of morpholine rings is 1. The van der Waals surface area contributed by atoms with E-state index in [1.807, 2.05) is 11.0 Å². The summed E-state index contributed by atoms with van der Waals surface area (Å²) in [5.74, 6) is 0.184. The largest absolute Gasteiger partial charge is 0.507 e. The molecule has 0 radical (unpaired) electrons. The summed E-state index contributed by atoms with van der Waals surface area (Å²) in [7, 11) is 0. The molecule has 130 valence electrons. The number of benzene rings is 1. The van der Waals surface area contributed by atoms with Crippen molar-refractivity contribution in [3.8, 4) is 5.75 Å². The van der Waals surface area contributed by atoms with Crippen LogP contribution in [0, 0.1) is 0 Å². The van der Waals surface area contributed by atoms with Crippen molar-refractivity contribution in [1.29, 1.82) is 0 Å². The van der Waals surface area contributed by atoms with Gasteiger partial charge in [0.2, 0.25) is 5.91 Å². The van der Waals surface area contributed by atoms with Crippen molar-refractivity contribution in [2.24, 2.45) is 0 Å². The lowest BCUT2D eigenvalue weighted by Crippen LogP contribution is -2.38. The van der Waals surface area contributed by atoms with Crippen LogP contribution in [0.3, 0.4) is 0 Å². The maximum absolute atomic E-state index is 12.4. The minimum Gasteiger partial charge on any atom is -0.507 e. The average molecular weight is 332 g/mol. The maximum atomic E-state index is 12.4. The Bertz CT molecular complexity index is 611. The molecule has 1 aromatic rings. The van der Waals surface area contributed by atoms with Crippen LogP contribution in [0.15, 0.2) is 12.1 Å². The molecule has 1 fully saturated rings. The molecular formula is C18H24N2O4. The van der Waals surface area contributed by atoms with Gasteiger partial charge in [-0.2, -0.15) is 0 Å². The summed E-state index contributed by atoms with van der Waals surface area (Å²) in [5.41, 5.74) is 2.21. The average Bonchev–Trinajstić information content (AvgIpc) is 2.62. The molecule has 1 amide bonds. The maximum Gasteiger partial charge on any atom is 0.222 e. The van der Waals surface area contributed by atoms with E-state index in [2.05, 4.69) is 4.90 Å². The molecule has 1 saturated heterocycles. The van der Waals surface area contributed by atoms with Crippen LogP contribution in [0.2, 0.25) is 0 Å². The van der Waals surface area contributed by atoms with E-state index in [0.29, 0.717) is 37.8 Å². The predicted molar refractivity (Wildman–Crippen MR) is 89.1 cm³/mol. The number of rotatable bonds is 5. The van der Waals surface area contributed by atoms with E-state index < -0.39 is 0 Å². The van der Waals surface area contributed by atoms with Crippen molar-refractivity contribution in [3.05, 3.63) is 28.8 Å². The molecule has 2 aliphatic rings. The molecular weight excluding hydrogens is 308 g/mol. The third-order valence-electron chi connectivity index (χ3n) is 4.86. The number of phenolic OH excluding ortho intramolecular Hbond substituents is 1. The molecule has 6 heteroatoms. The van der Waals surface area contributed by atoms with Crippen LogP contribution in [0.25, 0.3) is 0 Å². The fraction of sp³-hybridized carbons (Fsp3) is 0.556. The Balaban J connectivity index is 1.53. The molecule has 0 atom stereocenters. The number of hydrogen-bond acceptors (Lipinski definition) is 5. The molecule has 0 spiro atoms. The standard InChI is InChI=1S/C18H24N2O4/c21-13-16-15-5-7-20(12-14(15)3-4-17(16)22)18(23)2-1-6-19-8-10-24-11-9-19/h3-4,13,22H,1-2,5-12H2. The number of hydrogen-bond donors (Lipinski definition) is 1. The molecule has 0 aliphatic carbocycles. The third kappa shape index (κ3) is 3.76. The highest BCUT2D eigenvalue weighted by Gasteiger charge is 2.23. The number of carbonyl (C=O) groups excluding carboxylic acids is 2. The smallest absolute Gasteiger partial charge is 0.222 e. The second-order valence-corrected chi connectivity index (χ2v) is 6.38. The number of ether oxygens (including phenoxy) is 1. The van der Waals surface area contributed by atoms with Crippen LogP contribution >= 0.6 is 0 Å². The summed E-state index contributed by atoms with van der Waals surface area (Å²) in [6.07, 6.45) is 2.73. The first-order chi connectivity index (χ1) is 11.7. The topological polar surface area (TPSA) is 70.1 Å². The Hall–Kier alpha value is -1.92. The summed E-state index contributed by atoms with van der Waals surface area (Å²) >= 11 is 0. The Labute approximate surface area is 142 Å². The number of aldehydes is 1. The lowest BCUT2D eigenvalue weighted by atomic mass is 9.94. The van der Waals surface area contributed by atoms with Crippen molar-refractivity contribution in [2.45, 2.75) is 25.8 Å². The van der Waals surface area contributed by atoms with E-state index in [1.54, 1.807) is 0 Å². The number of phenols is 1. The zero-order chi connectivity index (χ0) is 16.9. The lowest BCUT2D eigenvalue weighted by molar-refractivity contribution is -0.132. The van der Waals surface area contributed by atoms with E-state index in [4.69, 9.17) is 4.74 Å². The van der Waals surface area contributed by atoms with Crippen LogP contribution in [-0.4, -0.2) is 66.5 Å². The lowest BCUT2D eigenvalue weighted by Gasteiger charge is -2.30. The van der Waals surface area contributed by atoms with Crippen molar-refractivity contribution < 1.29 is 19.4 Å². The fourth-order valence-electron chi connectivity index (χ4n) is 3.45. The number of aromatic hydroxyl groups is 1. The van der Waals surface area contributed by atoms with Gasteiger partial charge in [0.1, 0.15) is 5.75 Å². The highest BCUT2D eigenvalue weighted by molar-refractivity contribution is 5.83. The fourth-order valence-corrected chi connectivity index (χ4v) is 3.45. The van der Waals surface area contributed by atoms with E-state index in [-0.39, 0.29) is 11.7 Å². The summed E-state index contributed by atoms with van der Waals surface area (Å²) in [4.78, 5) is 27.8. The van der Waals surface area contributed by atoms with E-state index >= 15 is 0 Å². The van der Waals surface area contributed by atoms with E-state index in [9.17, 15) is 14.7 Å². The number of nitrogens with zero attached hydrogens (tertiary/aromatic N) is 2. The quantitative estimate of drug-likeness (QED) is 0.821. The van der Waals surface area contributed by atoms with Crippen LogP contribution in [0.4, 0.5) is 0 Å². The molecule has 3 rings (SSSR count). The highest BCUT2D eigenvalue weighted by atomic mass is 16.5. The van der Waals surface area contributed by atoms with Gasteiger partial charge in [-0.1, -0.05) is 6.07 Å². The third-order valence-corrected chi connectivity index (χ3v) is 4.86. The summed E-state index contributed by atoms with van der Waals surface area (Å²) in [6, 6.07) is 3.35. The molecule has 2 heterocycles. The van der Waals surface area contributed by atoms with Crippen molar-refractivity contribution in [1.82, 2.24) is 9.80 Å². The van der Waals surface area contributed by atoms with Gasteiger partial charge < -0.3 is 14.7 Å². The van der Waals surface area contributed by atoms with E-state index in [1.165, 1.54) is 6.07 Å². The SMILES string of the molecule is O=Cc1c(O)ccc2c1CCN(C(=O)CCCN1CCOCC1)C2. The van der Waals surface area contributed by atoms with Gasteiger partial charge in [0, 0.05) is 32.6 Å². The first-order valence-electron chi connectivity index (χ1n) is 8.56. The molecule has 24 heavy (non-hydrogen) atoms. The molecule has 1 N–H and O–H groups in total. The van der Waals surface area contributed by atoms with Crippen LogP contribution < -0.4 is 0 Å². The summed E-state index contributed by atoms with van der Waals surface area (Å²) in [6.45, 7) is 5.52. The Morgan fingerprint density at radius 1 is 1.25 bits per heavy atom. The first-order valence-corrected chi connectivity index (χ1v) is 8.56. The summed E-state index contributed by atoms with van der Waals surface area (Å²) in [5, 5.41) is 9.76. The van der Waals surface area contributed by atoms with Crippen molar-refractivity contribution in [3.63, 3.8) is 0 Å². The number of fused-ring (bicyclic) bond motifs is 1. The highest BCUT2D eigenvalue weighted by Crippen LogP contribution is 2.28. The van der Waals surface area contributed by atoms with Gasteiger partial charge in [-0.15, -0.1) is 0 Å². The first kappa shape index (κ1) is 16.9. The van der Waals surface area contributed by atoms with Crippen LogP contribution in [-0.2, 0) is 22.5 Å². The minimum absolute atomic E-state index is 0.0223. The monoisotopic (exact) mass is 332 g/mol. The van der Waals surface area contributed by atoms with Gasteiger partial charge in [-0.05, 0) is 36.6 Å². The normalized spacial score (nSPS) is 18.2. The van der Waals surface area contributed by atoms with Gasteiger partial charge in [0.25, 0.3) is 0 Å². The molecule has 0 unspecified atom stereocenters. The van der Waals surface area contributed by atoms with Crippen LogP contribution in [0.1, 0.15) is 34.3 Å². The predicted octanol–water partition coefficient (Wildman–Crippen LogP) is 1.20. The molecule has 2 aliphatic heterocycles. The Morgan fingerprint density at radius 3 is 2.79 bits per heavy atom. The van der Waals surface area contributed by atoms with Gasteiger partial charge in [-0.25, -0.2) is 0 Å². The second kappa shape index (κ2) is 7.77. The molecule has 0 saturated carbocycles. The van der Waals surface area contributed by atoms with Gasteiger partial charge in [-0.3, -0.25) is 14.5 Å². The van der Waals surface area contributed by atoms with Crippen molar-refractivity contribution in [2.75, 3.05) is 39.4 Å². The Kier molecular flexibility index (Phi) is 5.48. The summed E-state index contributed by atoms with van der Waals surface area (Å²) < 4.78 is 5.32. The van der Waals surface area contributed by atoms with Crippen LogP contribution in [0.5, 0.6) is 5.75 Å². The van der Waals surface area contributed by atoms with Gasteiger partial charge in [0.05, 0.1) is 18.8 Å². The van der Waals surface area contributed by atoms with Gasteiger partial charge >= 0.3 is 0 Å². The number of carbonyl (C=O) groups is 2. The molecule has 6 nitrogen and oxygen atoms in total. The zero-order valence-corrected chi connectivity index (χ0v) is 13.9. The Morgan fingerprint density at radius 2 is 2.04 bits per heavy atom. The number of amides is 1. The van der Waals surface area contributed by atoms with Crippen molar-refractivity contribution >= 4 is 12.2 Å². The second-order valence-electron chi connectivity index (χ2n) is 6.38. The molecule has 1 aromatic carbocycles. The van der Waals surface area contributed by atoms with Gasteiger partial charge in [0.15, 0.2) is 6.29 Å². The molecule has 0 bridgehead atoms. The minimum atomic E-state index is 0.0223. The zero-order valence-electron chi connectivity index (χ0n) is 13.9.